The molecule has 1 aliphatic carbocycles. The van der Waals surface area contributed by atoms with Crippen LogP contribution in [0.15, 0.2) is 24.3 Å². The number of nitrogens with zero attached hydrogens (tertiary/aromatic N) is 1. The van der Waals surface area contributed by atoms with Crippen LogP contribution in [0.5, 0.6) is 0 Å². The van der Waals surface area contributed by atoms with Crippen LogP contribution in [-0.4, -0.2) is 24.2 Å². The molecule has 19 heavy (non-hydrogen) atoms. The molecule has 0 bridgehead atoms. The molecule has 0 spiro atoms. The van der Waals surface area contributed by atoms with E-state index >= 15 is 0 Å². The summed E-state index contributed by atoms with van der Waals surface area (Å²) in [6.07, 6.45) is 0.862. The lowest BCUT2D eigenvalue weighted by atomic mass is 10.0. The second-order valence-electron chi connectivity index (χ2n) is 5.17. The molecule has 3 N–H and O–H groups in total. The number of rotatable bonds is 3. The molecule has 1 heterocycles. The van der Waals surface area contributed by atoms with Gasteiger partial charge in [0.15, 0.2) is 0 Å². The lowest BCUT2D eigenvalue weighted by Crippen LogP contribution is -2.42. The van der Waals surface area contributed by atoms with Crippen LogP contribution in [0.4, 0.5) is 4.39 Å². The van der Waals surface area contributed by atoms with Crippen molar-refractivity contribution in [2.24, 2.45) is 11.1 Å². The van der Waals surface area contributed by atoms with Gasteiger partial charge in [0.05, 0.1) is 5.41 Å². The van der Waals surface area contributed by atoms with Crippen LogP contribution in [-0.2, 0) is 9.63 Å². The van der Waals surface area contributed by atoms with Gasteiger partial charge in [0.1, 0.15) is 18.2 Å². The number of amides is 1. The highest BCUT2D eigenvalue weighted by Gasteiger charge is 2.58. The van der Waals surface area contributed by atoms with E-state index in [-0.39, 0.29) is 17.9 Å². The zero-order chi connectivity index (χ0) is 13.6. The van der Waals surface area contributed by atoms with E-state index in [1.807, 2.05) is 0 Å². The first kappa shape index (κ1) is 12.5. The molecule has 1 saturated carbocycles. The van der Waals surface area contributed by atoms with Gasteiger partial charge >= 0.3 is 0 Å². The van der Waals surface area contributed by atoms with Gasteiger partial charge in [-0.2, -0.15) is 5.06 Å². The molecule has 1 aromatic carbocycles. The van der Waals surface area contributed by atoms with Gasteiger partial charge in [-0.1, -0.05) is 12.1 Å². The Labute approximate surface area is 110 Å². The number of hydrogen-bond donors (Lipinski definition) is 2. The number of nitrogens with one attached hydrogen (secondary N) is 1. The number of halogens is 1. The Kier molecular flexibility index (Phi) is 2.81. The fourth-order valence-corrected chi connectivity index (χ4v) is 2.49. The van der Waals surface area contributed by atoms with Gasteiger partial charge in [-0.05, 0) is 30.5 Å². The summed E-state index contributed by atoms with van der Waals surface area (Å²) < 4.78 is 12.9. The smallest absolute Gasteiger partial charge is 0.227 e. The molecular formula is C13H16FN3O2. The van der Waals surface area contributed by atoms with Crippen molar-refractivity contribution >= 4 is 5.91 Å². The van der Waals surface area contributed by atoms with Crippen LogP contribution in [0.25, 0.3) is 0 Å². The number of primary amides is 1. The van der Waals surface area contributed by atoms with Gasteiger partial charge in [0, 0.05) is 7.05 Å². The molecule has 2 unspecified atom stereocenters. The molecule has 5 nitrogen and oxygen atoms in total. The third kappa shape index (κ3) is 2.01. The van der Waals surface area contributed by atoms with Gasteiger partial charge in [-0.3, -0.25) is 14.9 Å². The van der Waals surface area contributed by atoms with E-state index < -0.39 is 11.6 Å². The molecule has 2 fully saturated rings. The van der Waals surface area contributed by atoms with Crippen LogP contribution in [0.2, 0.25) is 0 Å². The van der Waals surface area contributed by atoms with Crippen molar-refractivity contribution in [2.75, 3.05) is 7.05 Å². The molecule has 0 radical (unpaired) electrons. The van der Waals surface area contributed by atoms with Crippen LogP contribution in [0.3, 0.4) is 0 Å². The summed E-state index contributed by atoms with van der Waals surface area (Å²) in [6, 6.07) is 6.19. The van der Waals surface area contributed by atoms with E-state index in [4.69, 9.17) is 10.6 Å². The molecule has 1 aliphatic heterocycles. The monoisotopic (exact) mass is 265 g/mol. The molecule has 1 aromatic rings. The Bertz CT molecular complexity index is 501. The standard InChI is InChI=1S/C13H16FN3O2/c1-17-10(8-2-4-9(14)5-3-8)16-12(19-17)13(6-7-13)11(15)18/h2-5,10,12,16H,6-7H2,1H3,(H2,15,18). The normalized spacial score (nSPS) is 29.4. The Morgan fingerprint density at radius 1 is 1.47 bits per heavy atom. The van der Waals surface area contributed by atoms with Crippen molar-refractivity contribution in [1.82, 2.24) is 10.4 Å². The minimum Gasteiger partial charge on any atom is -0.369 e. The summed E-state index contributed by atoms with van der Waals surface area (Å²) in [5.41, 5.74) is 5.72. The van der Waals surface area contributed by atoms with Crippen molar-refractivity contribution in [1.29, 1.82) is 0 Å². The van der Waals surface area contributed by atoms with Crippen molar-refractivity contribution < 1.29 is 14.0 Å². The minimum absolute atomic E-state index is 0.206. The molecule has 1 saturated heterocycles. The van der Waals surface area contributed by atoms with Crippen LogP contribution in [0.1, 0.15) is 24.6 Å². The molecule has 2 aliphatic rings. The molecule has 102 valence electrons. The number of hydroxylamine groups is 2. The van der Waals surface area contributed by atoms with Crippen molar-refractivity contribution in [3.63, 3.8) is 0 Å². The summed E-state index contributed by atoms with van der Waals surface area (Å²) in [6.45, 7) is 0. The summed E-state index contributed by atoms with van der Waals surface area (Å²) in [5, 5.41) is 4.88. The van der Waals surface area contributed by atoms with E-state index in [2.05, 4.69) is 5.32 Å². The number of hydrogen-bond acceptors (Lipinski definition) is 4. The average Bonchev–Trinajstić information content (AvgIpc) is 3.10. The van der Waals surface area contributed by atoms with E-state index in [1.165, 1.54) is 12.1 Å². The lowest BCUT2D eigenvalue weighted by molar-refractivity contribution is -0.168. The van der Waals surface area contributed by atoms with Crippen LogP contribution in [0, 0.1) is 11.2 Å². The Morgan fingerprint density at radius 3 is 2.63 bits per heavy atom. The third-order valence-electron chi connectivity index (χ3n) is 3.91. The highest BCUT2D eigenvalue weighted by Crippen LogP contribution is 2.51. The van der Waals surface area contributed by atoms with E-state index in [9.17, 15) is 9.18 Å². The summed E-state index contributed by atoms with van der Waals surface area (Å²) >= 11 is 0. The molecule has 1 amide bonds. The number of benzene rings is 1. The molecule has 2 atom stereocenters. The fraction of sp³-hybridized carbons (Fsp3) is 0.462. The maximum absolute atomic E-state index is 12.9. The van der Waals surface area contributed by atoms with E-state index in [0.29, 0.717) is 0 Å². The first-order valence-electron chi connectivity index (χ1n) is 6.24. The highest BCUT2D eigenvalue weighted by atomic mass is 19.1. The molecular weight excluding hydrogens is 249 g/mol. The van der Waals surface area contributed by atoms with Gasteiger partial charge in [-0.15, -0.1) is 0 Å². The average molecular weight is 265 g/mol. The summed E-state index contributed by atoms with van der Waals surface area (Å²) in [5.74, 6) is -0.615. The molecule has 0 aromatic heterocycles. The van der Waals surface area contributed by atoms with E-state index in [0.717, 1.165) is 18.4 Å². The predicted octanol–water partition coefficient (Wildman–Crippen LogP) is 0.882. The van der Waals surface area contributed by atoms with Crippen molar-refractivity contribution in [3.05, 3.63) is 35.6 Å². The lowest BCUT2D eigenvalue weighted by Gasteiger charge is -2.18. The summed E-state index contributed by atoms with van der Waals surface area (Å²) in [7, 11) is 1.78. The van der Waals surface area contributed by atoms with Crippen molar-refractivity contribution in [2.45, 2.75) is 25.2 Å². The maximum atomic E-state index is 12.9. The molecule has 3 rings (SSSR count). The quantitative estimate of drug-likeness (QED) is 0.851. The number of nitrogens with two attached hydrogens (primary N) is 1. The predicted molar refractivity (Wildman–Crippen MR) is 65.8 cm³/mol. The Morgan fingerprint density at radius 2 is 2.11 bits per heavy atom. The van der Waals surface area contributed by atoms with Gasteiger partial charge in [-0.25, -0.2) is 4.39 Å². The number of carbonyl (C=O) groups is 1. The fourth-order valence-electron chi connectivity index (χ4n) is 2.49. The second kappa shape index (κ2) is 4.26. The first-order valence-corrected chi connectivity index (χ1v) is 6.24. The van der Waals surface area contributed by atoms with Crippen molar-refractivity contribution in [3.8, 4) is 0 Å². The van der Waals surface area contributed by atoms with E-state index in [1.54, 1.807) is 24.2 Å². The Balaban J connectivity index is 1.79. The first-order chi connectivity index (χ1) is 9.03. The van der Waals surface area contributed by atoms with Crippen LogP contribution >= 0.6 is 0 Å². The zero-order valence-electron chi connectivity index (χ0n) is 10.6. The van der Waals surface area contributed by atoms with Crippen LogP contribution < -0.4 is 11.1 Å². The molecule has 6 heteroatoms. The highest BCUT2D eigenvalue weighted by molar-refractivity contribution is 5.84. The topological polar surface area (TPSA) is 67.6 Å². The third-order valence-corrected chi connectivity index (χ3v) is 3.91. The van der Waals surface area contributed by atoms with Gasteiger partial charge in [0.25, 0.3) is 0 Å². The largest absolute Gasteiger partial charge is 0.369 e. The summed E-state index contributed by atoms with van der Waals surface area (Å²) in [4.78, 5) is 17.2. The second-order valence-corrected chi connectivity index (χ2v) is 5.17. The zero-order valence-corrected chi connectivity index (χ0v) is 10.6. The number of carbonyl (C=O) groups excluding carboxylic acids is 1. The van der Waals surface area contributed by atoms with Gasteiger partial charge < -0.3 is 5.73 Å². The Hall–Kier alpha value is -1.50. The van der Waals surface area contributed by atoms with Gasteiger partial charge in [0.2, 0.25) is 5.91 Å². The minimum atomic E-state index is -0.594. The maximum Gasteiger partial charge on any atom is 0.227 e. The SMILES string of the molecule is CN1OC(C2(C(N)=O)CC2)NC1c1ccc(F)cc1.